The lowest BCUT2D eigenvalue weighted by Gasteiger charge is -2.31. The SMILES string of the molecule is Cc1ccc(N2C(=O)C[C@@H]([NH+]3CC[NH+](C/C=C/c4ccccc4)CC3)C2=O)cc1. The number of amides is 2. The minimum absolute atomic E-state index is 0.0405. The van der Waals surface area contributed by atoms with E-state index in [4.69, 9.17) is 0 Å². The molecule has 2 heterocycles. The van der Waals surface area contributed by atoms with Crippen molar-refractivity contribution in [2.45, 2.75) is 19.4 Å². The summed E-state index contributed by atoms with van der Waals surface area (Å²) in [6.45, 7) is 6.91. The van der Waals surface area contributed by atoms with Crippen molar-refractivity contribution >= 4 is 23.6 Å². The molecule has 29 heavy (non-hydrogen) atoms. The molecule has 2 saturated heterocycles. The number of anilines is 1. The molecular formula is C24H29N3O2+2. The topological polar surface area (TPSA) is 46.3 Å². The predicted molar refractivity (Wildman–Crippen MR) is 114 cm³/mol. The average molecular weight is 392 g/mol. The molecule has 0 spiro atoms. The van der Waals surface area contributed by atoms with Gasteiger partial charge in [0, 0.05) is 0 Å². The zero-order valence-corrected chi connectivity index (χ0v) is 16.9. The summed E-state index contributed by atoms with van der Waals surface area (Å²) in [5.74, 6) is -0.113. The van der Waals surface area contributed by atoms with Crippen LogP contribution in [0.1, 0.15) is 17.5 Å². The number of carbonyl (C=O) groups is 2. The highest BCUT2D eigenvalue weighted by Gasteiger charge is 2.46. The lowest BCUT2D eigenvalue weighted by molar-refractivity contribution is -1.02. The molecule has 2 aliphatic rings. The number of piperazine rings is 1. The number of quaternary nitrogens is 2. The van der Waals surface area contributed by atoms with Crippen LogP contribution < -0.4 is 14.7 Å². The Bertz CT molecular complexity index is 884. The first-order valence-electron chi connectivity index (χ1n) is 10.4. The maximum absolute atomic E-state index is 13.0. The van der Waals surface area contributed by atoms with Crippen LogP contribution in [0.3, 0.4) is 0 Å². The second kappa shape index (κ2) is 8.72. The van der Waals surface area contributed by atoms with Gasteiger partial charge in [-0.25, -0.2) is 4.90 Å². The number of hydrogen-bond donors (Lipinski definition) is 2. The fourth-order valence-electron chi connectivity index (χ4n) is 4.32. The van der Waals surface area contributed by atoms with E-state index in [0.717, 1.165) is 38.3 Å². The van der Waals surface area contributed by atoms with E-state index in [2.05, 4.69) is 36.4 Å². The molecule has 2 N–H and O–H groups in total. The van der Waals surface area contributed by atoms with Crippen LogP contribution in [0.4, 0.5) is 5.69 Å². The van der Waals surface area contributed by atoms with Gasteiger partial charge in [-0.15, -0.1) is 0 Å². The van der Waals surface area contributed by atoms with Crippen molar-refractivity contribution in [2.75, 3.05) is 37.6 Å². The Morgan fingerprint density at radius 2 is 1.66 bits per heavy atom. The Labute approximate surface area is 172 Å². The first-order chi connectivity index (χ1) is 14.1. The lowest BCUT2D eigenvalue weighted by Crippen LogP contribution is -3.30. The van der Waals surface area contributed by atoms with E-state index in [1.807, 2.05) is 37.3 Å². The summed E-state index contributed by atoms with van der Waals surface area (Å²) in [6, 6.07) is 17.7. The number of nitrogens with one attached hydrogen (secondary N) is 2. The highest BCUT2D eigenvalue weighted by molar-refractivity contribution is 6.21. The molecule has 5 nitrogen and oxygen atoms in total. The number of rotatable bonds is 5. The summed E-state index contributed by atoms with van der Waals surface area (Å²) in [5, 5.41) is 0. The van der Waals surface area contributed by atoms with Crippen LogP contribution in [0, 0.1) is 6.92 Å². The number of aryl methyl sites for hydroxylation is 1. The molecule has 4 rings (SSSR count). The molecule has 0 aliphatic carbocycles. The number of nitrogens with zero attached hydrogens (tertiary/aromatic N) is 1. The van der Waals surface area contributed by atoms with Gasteiger partial charge in [-0.05, 0) is 30.7 Å². The number of benzene rings is 2. The molecule has 0 radical (unpaired) electrons. The third-order valence-corrected chi connectivity index (χ3v) is 6.05. The molecule has 0 aromatic heterocycles. The maximum atomic E-state index is 13.0. The molecule has 2 amide bonds. The Morgan fingerprint density at radius 3 is 2.34 bits per heavy atom. The summed E-state index contributed by atoms with van der Waals surface area (Å²) < 4.78 is 0. The first kappa shape index (κ1) is 19.6. The second-order valence-corrected chi connectivity index (χ2v) is 8.09. The monoisotopic (exact) mass is 391 g/mol. The largest absolute Gasteiger partial charge is 0.322 e. The maximum Gasteiger partial charge on any atom is 0.292 e. The second-order valence-electron chi connectivity index (χ2n) is 8.09. The van der Waals surface area contributed by atoms with Crippen molar-refractivity contribution < 1.29 is 19.4 Å². The van der Waals surface area contributed by atoms with Crippen molar-refractivity contribution in [3.8, 4) is 0 Å². The third kappa shape index (κ3) is 4.47. The molecule has 0 saturated carbocycles. The van der Waals surface area contributed by atoms with E-state index >= 15 is 0 Å². The van der Waals surface area contributed by atoms with Gasteiger partial charge >= 0.3 is 0 Å². The highest BCUT2D eigenvalue weighted by Crippen LogP contribution is 2.22. The summed E-state index contributed by atoms with van der Waals surface area (Å²) in [5.41, 5.74) is 3.04. The van der Waals surface area contributed by atoms with Gasteiger partial charge in [-0.3, -0.25) is 9.59 Å². The van der Waals surface area contributed by atoms with E-state index in [-0.39, 0.29) is 17.9 Å². The Kier molecular flexibility index (Phi) is 5.88. The van der Waals surface area contributed by atoms with Crippen LogP contribution in [0.2, 0.25) is 0 Å². The van der Waals surface area contributed by atoms with E-state index in [1.54, 1.807) is 0 Å². The molecule has 0 unspecified atom stereocenters. The number of hydrogen-bond acceptors (Lipinski definition) is 2. The summed E-state index contributed by atoms with van der Waals surface area (Å²) in [6.07, 6.45) is 4.73. The van der Waals surface area contributed by atoms with Crippen LogP contribution >= 0.6 is 0 Å². The molecule has 0 bridgehead atoms. The lowest BCUT2D eigenvalue weighted by atomic mass is 10.1. The van der Waals surface area contributed by atoms with Crippen LogP contribution in [0.25, 0.3) is 6.08 Å². The molecule has 5 heteroatoms. The van der Waals surface area contributed by atoms with E-state index in [0.29, 0.717) is 12.1 Å². The zero-order valence-electron chi connectivity index (χ0n) is 16.9. The quantitative estimate of drug-likeness (QED) is 0.712. The van der Waals surface area contributed by atoms with Gasteiger partial charge in [0.15, 0.2) is 6.04 Å². The number of carbonyl (C=O) groups excluding carboxylic acids is 2. The van der Waals surface area contributed by atoms with Crippen LogP contribution in [0.5, 0.6) is 0 Å². The Hall–Kier alpha value is -2.76. The molecule has 2 aromatic rings. The van der Waals surface area contributed by atoms with E-state index in [1.165, 1.54) is 20.3 Å². The molecular weight excluding hydrogens is 362 g/mol. The first-order valence-corrected chi connectivity index (χ1v) is 10.4. The minimum atomic E-state index is -0.231. The van der Waals surface area contributed by atoms with E-state index in [9.17, 15) is 9.59 Å². The Morgan fingerprint density at radius 1 is 0.966 bits per heavy atom. The smallest absolute Gasteiger partial charge is 0.292 e. The van der Waals surface area contributed by atoms with Crippen molar-refractivity contribution in [1.82, 2.24) is 0 Å². The molecule has 2 aromatic carbocycles. The van der Waals surface area contributed by atoms with Crippen LogP contribution in [-0.4, -0.2) is 50.6 Å². The molecule has 2 fully saturated rings. The van der Waals surface area contributed by atoms with Crippen molar-refractivity contribution in [3.05, 3.63) is 71.8 Å². The highest BCUT2D eigenvalue weighted by atomic mass is 16.2. The molecule has 150 valence electrons. The van der Waals surface area contributed by atoms with Gasteiger partial charge in [0.25, 0.3) is 5.91 Å². The van der Waals surface area contributed by atoms with Crippen LogP contribution in [0.15, 0.2) is 60.7 Å². The number of imide groups is 1. The predicted octanol–water partition coefficient (Wildman–Crippen LogP) is 0.124. The van der Waals surface area contributed by atoms with Crippen molar-refractivity contribution in [2.24, 2.45) is 0 Å². The van der Waals surface area contributed by atoms with Gasteiger partial charge in [0.05, 0.1) is 18.7 Å². The fraction of sp³-hybridized carbons (Fsp3) is 0.333. The third-order valence-electron chi connectivity index (χ3n) is 6.05. The van der Waals surface area contributed by atoms with Gasteiger partial charge in [0.2, 0.25) is 5.91 Å². The average Bonchev–Trinajstić information content (AvgIpc) is 3.04. The van der Waals surface area contributed by atoms with Gasteiger partial charge < -0.3 is 9.80 Å². The summed E-state index contributed by atoms with van der Waals surface area (Å²) in [7, 11) is 0. The summed E-state index contributed by atoms with van der Waals surface area (Å²) in [4.78, 5) is 29.7. The fourth-order valence-corrected chi connectivity index (χ4v) is 4.32. The van der Waals surface area contributed by atoms with Gasteiger partial charge in [-0.1, -0.05) is 54.1 Å². The van der Waals surface area contributed by atoms with Crippen molar-refractivity contribution in [3.63, 3.8) is 0 Å². The summed E-state index contributed by atoms with van der Waals surface area (Å²) >= 11 is 0. The Balaban J connectivity index is 1.31. The van der Waals surface area contributed by atoms with Gasteiger partial charge in [-0.2, -0.15) is 0 Å². The minimum Gasteiger partial charge on any atom is -0.322 e. The van der Waals surface area contributed by atoms with Gasteiger partial charge in [0.1, 0.15) is 26.2 Å². The van der Waals surface area contributed by atoms with Crippen LogP contribution in [-0.2, 0) is 9.59 Å². The zero-order chi connectivity index (χ0) is 20.2. The molecule has 2 aliphatic heterocycles. The normalized spacial score (nSPS) is 25.1. The molecule has 1 atom stereocenters. The van der Waals surface area contributed by atoms with E-state index < -0.39 is 0 Å². The van der Waals surface area contributed by atoms with Crippen molar-refractivity contribution in [1.29, 1.82) is 0 Å². The standard InChI is InChI=1S/C24H27N3O2/c1-19-9-11-21(12-10-19)27-23(28)18-22(24(27)29)26-16-14-25(15-17-26)13-5-8-20-6-3-2-4-7-20/h2-12,22H,13-18H2,1H3/p+2/b8-5+/t22-/m1/s1.